The Hall–Kier alpha value is -7.09. The third-order valence-electron chi connectivity index (χ3n) is 11.3. The zero-order valence-electron chi connectivity index (χ0n) is 31.3. The lowest BCUT2D eigenvalue weighted by molar-refractivity contribution is 1.18. The highest BCUT2D eigenvalue weighted by Gasteiger charge is 2.18. The molecule has 0 aliphatic heterocycles. The van der Waals surface area contributed by atoms with Crippen molar-refractivity contribution in [2.45, 2.75) is 13.3 Å². The summed E-state index contributed by atoms with van der Waals surface area (Å²) >= 11 is 0. The molecule has 56 heavy (non-hydrogen) atoms. The van der Waals surface area contributed by atoms with Crippen LogP contribution in [0.3, 0.4) is 0 Å². The second-order valence-electron chi connectivity index (χ2n) is 14.7. The summed E-state index contributed by atoms with van der Waals surface area (Å²) in [5.74, 6) is 0. The summed E-state index contributed by atoms with van der Waals surface area (Å²) in [5.41, 5.74) is 13.1. The van der Waals surface area contributed by atoms with E-state index in [4.69, 9.17) is 4.99 Å². The van der Waals surface area contributed by atoms with Crippen LogP contribution in [0.25, 0.3) is 76.5 Å². The normalized spacial score (nSPS) is 11.8. The molecule has 10 aromatic carbocycles. The van der Waals surface area contributed by atoms with Crippen LogP contribution >= 0.6 is 0 Å². The summed E-state index contributed by atoms with van der Waals surface area (Å²) in [6.45, 7) is 2.13. The van der Waals surface area contributed by atoms with Crippen molar-refractivity contribution in [3.63, 3.8) is 0 Å². The minimum Gasteiger partial charge on any atom is -0.253 e. The molecular weight excluding hydrogens is 675 g/mol. The zero-order chi connectivity index (χ0) is 37.4. The first-order chi connectivity index (χ1) is 27.7. The van der Waals surface area contributed by atoms with E-state index in [1.807, 2.05) is 0 Å². The summed E-state index contributed by atoms with van der Waals surface area (Å²) in [7, 11) is 0. The molecular formula is C55H39N. The number of nitrogens with zero attached hydrogens (tertiary/aromatic N) is 1. The van der Waals surface area contributed by atoms with Crippen LogP contribution in [0.1, 0.15) is 23.6 Å². The van der Waals surface area contributed by atoms with Crippen molar-refractivity contribution in [3.05, 3.63) is 223 Å². The number of para-hydroxylation sites is 1. The predicted octanol–water partition coefficient (Wildman–Crippen LogP) is 15.0. The van der Waals surface area contributed by atoms with Gasteiger partial charge >= 0.3 is 0 Å². The van der Waals surface area contributed by atoms with Crippen molar-refractivity contribution >= 4 is 54.5 Å². The Labute approximate surface area is 327 Å². The standard InChI is InChI=1S/C55H39N/c1-37(56-53-30-15-8-21-42(53)33-38-17-4-2-5-18-38)40-22-16-23-43(34-40)54-47-26-11-13-28-49(47)55(50-29-14-12-27-48(50)54)44-32-31-41-35-51(39-19-6-3-7-20-39)45-24-9-10-25-46(45)52(41)36-44/h2-32,34-36H,33H2,1H3. The van der Waals surface area contributed by atoms with Crippen molar-refractivity contribution < 1.29 is 0 Å². The molecule has 0 atom stereocenters. The first-order valence-electron chi connectivity index (χ1n) is 19.4. The van der Waals surface area contributed by atoms with Gasteiger partial charge in [-0.05, 0) is 131 Å². The topological polar surface area (TPSA) is 12.4 Å². The van der Waals surface area contributed by atoms with Gasteiger partial charge in [-0.3, -0.25) is 4.99 Å². The van der Waals surface area contributed by atoms with Crippen molar-refractivity contribution in [3.8, 4) is 33.4 Å². The van der Waals surface area contributed by atoms with Gasteiger partial charge in [0.2, 0.25) is 0 Å². The molecule has 0 aromatic heterocycles. The highest BCUT2D eigenvalue weighted by atomic mass is 14.7. The number of benzene rings is 10. The zero-order valence-corrected chi connectivity index (χ0v) is 31.3. The van der Waals surface area contributed by atoms with E-state index in [9.17, 15) is 0 Å². The van der Waals surface area contributed by atoms with Gasteiger partial charge in [-0.25, -0.2) is 0 Å². The van der Waals surface area contributed by atoms with E-state index >= 15 is 0 Å². The van der Waals surface area contributed by atoms with Gasteiger partial charge in [-0.15, -0.1) is 0 Å². The number of aliphatic imine (C=N–C) groups is 1. The molecule has 10 rings (SSSR count). The van der Waals surface area contributed by atoms with E-state index in [0.29, 0.717) is 0 Å². The van der Waals surface area contributed by atoms with Crippen LogP contribution in [0.15, 0.2) is 211 Å². The number of rotatable bonds is 7. The lowest BCUT2D eigenvalue weighted by Crippen LogP contribution is -1.97. The van der Waals surface area contributed by atoms with Gasteiger partial charge in [-0.1, -0.05) is 182 Å². The van der Waals surface area contributed by atoms with Crippen molar-refractivity contribution in [2.24, 2.45) is 4.99 Å². The average Bonchev–Trinajstić information content (AvgIpc) is 3.26. The van der Waals surface area contributed by atoms with Crippen molar-refractivity contribution in [2.75, 3.05) is 0 Å². The van der Waals surface area contributed by atoms with Crippen LogP contribution in [-0.4, -0.2) is 5.71 Å². The molecule has 1 heteroatoms. The Morgan fingerprint density at radius 2 is 0.929 bits per heavy atom. The van der Waals surface area contributed by atoms with Gasteiger partial charge in [0.1, 0.15) is 0 Å². The van der Waals surface area contributed by atoms with Gasteiger partial charge in [0.25, 0.3) is 0 Å². The highest BCUT2D eigenvalue weighted by molar-refractivity contribution is 6.23. The fourth-order valence-electron chi connectivity index (χ4n) is 8.59. The maximum absolute atomic E-state index is 5.22. The van der Waals surface area contributed by atoms with Crippen molar-refractivity contribution in [1.29, 1.82) is 0 Å². The average molecular weight is 714 g/mol. The molecule has 0 N–H and O–H groups in total. The summed E-state index contributed by atoms with van der Waals surface area (Å²) in [6, 6.07) is 74.9. The largest absolute Gasteiger partial charge is 0.253 e. The van der Waals surface area contributed by atoms with Crippen LogP contribution in [0.4, 0.5) is 5.69 Å². The number of hydrogen-bond acceptors (Lipinski definition) is 1. The Kier molecular flexibility index (Phi) is 8.54. The molecule has 0 bridgehead atoms. The molecule has 264 valence electrons. The molecule has 0 amide bonds. The summed E-state index contributed by atoms with van der Waals surface area (Å²) < 4.78 is 0. The molecule has 1 nitrogen and oxygen atoms in total. The van der Waals surface area contributed by atoms with Gasteiger partial charge in [0.05, 0.1) is 5.69 Å². The lowest BCUT2D eigenvalue weighted by Gasteiger charge is -2.19. The van der Waals surface area contributed by atoms with Crippen LogP contribution in [0.2, 0.25) is 0 Å². The Bertz CT molecular complexity index is 3040. The fraction of sp³-hybridized carbons (Fsp3) is 0.0364. The van der Waals surface area contributed by atoms with Crippen LogP contribution in [0.5, 0.6) is 0 Å². The first-order valence-corrected chi connectivity index (χ1v) is 19.4. The molecule has 0 radical (unpaired) electrons. The van der Waals surface area contributed by atoms with Crippen molar-refractivity contribution in [1.82, 2.24) is 0 Å². The Morgan fingerprint density at radius 3 is 1.61 bits per heavy atom. The maximum atomic E-state index is 5.22. The van der Waals surface area contributed by atoms with E-state index in [1.165, 1.54) is 87.6 Å². The van der Waals surface area contributed by atoms with Gasteiger partial charge in [0, 0.05) is 5.71 Å². The van der Waals surface area contributed by atoms with Gasteiger partial charge < -0.3 is 0 Å². The lowest BCUT2D eigenvalue weighted by atomic mass is 9.84. The summed E-state index contributed by atoms with van der Waals surface area (Å²) in [6.07, 6.45) is 0.848. The van der Waals surface area contributed by atoms with Crippen LogP contribution in [-0.2, 0) is 6.42 Å². The van der Waals surface area contributed by atoms with E-state index in [1.54, 1.807) is 0 Å². The summed E-state index contributed by atoms with van der Waals surface area (Å²) in [4.78, 5) is 5.22. The molecule has 0 spiro atoms. The Balaban J connectivity index is 1.12. The third-order valence-corrected chi connectivity index (χ3v) is 11.3. The SMILES string of the molecule is CC(=Nc1ccccc1Cc1ccccc1)c1cccc(-c2c3ccccc3c(-c3ccc4cc(-c5ccccc5)c5ccccc5c4c3)c3ccccc23)c1. The molecule has 0 aliphatic rings. The smallest absolute Gasteiger partial charge is 0.0668 e. The highest BCUT2D eigenvalue weighted by Crippen LogP contribution is 2.45. The summed E-state index contributed by atoms with van der Waals surface area (Å²) in [5, 5.41) is 10.0. The first kappa shape index (κ1) is 33.5. The van der Waals surface area contributed by atoms with E-state index in [-0.39, 0.29) is 0 Å². The predicted molar refractivity (Wildman–Crippen MR) is 240 cm³/mol. The van der Waals surface area contributed by atoms with Gasteiger partial charge in [-0.2, -0.15) is 0 Å². The molecule has 0 fully saturated rings. The van der Waals surface area contributed by atoms with E-state index < -0.39 is 0 Å². The second-order valence-corrected chi connectivity index (χ2v) is 14.7. The molecule has 0 unspecified atom stereocenters. The number of fused-ring (bicyclic) bond motifs is 5. The molecule has 0 saturated carbocycles. The number of hydrogen-bond donors (Lipinski definition) is 0. The van der Waals surface area contributed by atoms with E-state index in [2.05, 4.69) is 213 Å². The third kappa shape index (κ3) is 6.04. The van der Waals surface area contributed by atoms with Gasteiger partial charge in [0.15, 0.2) is 0 Å². The second kappa shape index (κ2) is 14.3. The molecule has 0 aliphatic carbocycles. The molecule has 0 heterocycles. The fourth-order valence-corrected chi connectivity index (χ4v) is 8.59. The van der Waals surface area contributed by atoms with Crippen LogP contribution < -0.4 is 0 Å². The minimum absolute atomic E-state index is 0.848. The quantitative estimate of drug-likeness (QED) is 0.0886. The maximum Gasteiger partial charge on any atom is 0.0668 e. The monoisotopic (exact) mass is 713 g/mol. The minimum atomic E-state index is 0.848. The molecule has 0 saturated heterocycles. The molecule has 10 aromatic rings. The van der Waals surface area contributed by atoms with Crippen LogP contribution in [0, 0.1) is 0 Å². The van der Waals surface area contributed by atoms with E-state index in [0.717, 1.165) is 23.4 Å². The Morgan fingerprint density at radius 1 is 0.393 bits per heavy atom.